The van der Waals surface area contributed by atoms with Crippen LogP contribution in [0.15, 0.2) is 12.4 Å². The summed E-state index contributed by atoms with van der Waals surface area (Å²) in [4.78, 5) is 18.9. The normalized spacial score (nSPS) is 9.44. The van der Waals surface area contributed by atoms with E-state index in [1.165, 1.54) is 6.92 Å². The smallest absolute Gasteiger partial charge is 0.250 e. The van der Waals surface area contributed by atoms with Crippen LogP contribution in [0.25, 0.3) is 0 Å². The first kappa shape index (κ1) is 7.61. The predicted molar refractivity (Wildman–Crippen MR) is 30.0 cm³/mol. The lowest BCUT2D eigenvalue weighted by Gasteiger charge is -1.84. The molecular formula is C4H6N2O3. The fraction of sp³-hybridized carbons (Fsp3) is 0.250. The number of amides is 1. The van der Waals surface area contributed by atoms with E-state index in [1.807, 2.05) is 0 Å². The van der Waals surface area contributed by atoms with Crippen molar-refractivity contribution in [1.29, 1.82) is 0 Å². The number of carbonyl (C=O) groups is 1. The van der Waals surface area contributed by atoms with E-state index < -0.39 is 4.92 Å². The standard InChI is InChI=1S/C4H6N2O3/c1-4(7)5-2-3-6(8)9/h2-3H,1H3,(H,5,7). The fourth-order valence-corrected chi connectivity index (χ4v) is 0.215. The summed E-state index contributed by atoms with van der Waals surface area (Å²) in [7, 11) is 0. The van der Waals surface area contributed by atoms with Crippen LogP contribution in [0, 0.1) is 10.1 Å². The second kappa shape index (κ2) is 3.59. The maximum atomic E-state index is 10.0. The highest BCUT2D eigenvalue weighted by molar-refractivity contribution is 5.73. The van der Waals surface area contributed by atoms with Crippen molar-refractivity contribution in [2.24, 2.45) is 0 Å². The third kappa shape index (κ3) is 6.61. The van der Waals surface area contributed by atoms with Gasteiger partial charge in [0.1, 0.15) is 0 Å². The largest absolute Gasteiger partial charge is 0.327 e. The summed E-state index contributed by atoms with van der Waals surface area (Å²) in [5.41, 5.74) is 0. The van der Waals surface area contributed by atoms with Gasteiger partial charge in [-0.05, 0) is 0 Å². The summed E-state index contributed by atoms with van der Waals surface area (Å²) in [5, 5.41) is 11.7. The molecule has 0 unspecified atom stereocenters. The Kier molecular flexibility index (Phi) is 3.04. The van der Waals surface area contributed by atoms with Gasteiger partial charge in [0.25, 0.3) is 0 Å². The summed E-state index contributed by atoms with van der Waals surface area (Å²) in [6.45, 7) is 1.27. The molecule has 0 bridgehead atoms. The summed E-state index contributed by atoms with van der Waals surface area (Å²) < 4.78 is 0. The van der Waals surface area contributed by atoms with Crippen LogP contribution < -0.4 is 5.32 Å². The van der Waals surface area contributed by atoms with Crippen LogP contribution in [-0.2, 0) is 4.79 Å². The van der Waals surface area contributed by atoms with Gasteiger partial charge >= 0.3 is 0 Å². The van der Waals surface area contributed by atoms with Crippen LogP contribution in [0.5, 0.6) is 0 Å². The van der Waals surface area contributed by atoms with Gasteiger partial charge in [0.2, 0.25) is 12.1 Å². The summed E-state index contributed by atoms with van der Waals surface area (Å²) in [6, 6.07) is 0. The van der Waals surface area contributed by atoms with Gasteiger partial charge in [-0.15, -0.1) is 0 Å². The Hall–Kier alpha value is -1.39. The highest BCUT2D eigenvalue weighted by Gasteiger charge is 1.85. The molecule has 5 heteroatoms. The number of hydrogen-bond donors (Lipinski definition) is 1. The van der Waals surface area contributed by atoms with Gasteiger partial charge in [0.15, 0.2) is 0 Å². The van der Waals surface area contributed by atoms with Crippen molar-refractivity contribution in [3.8, 4) is 0 Å². The molecule has 1 N–H and O–H groups in total. The average molecular weight is 130 g/mol. The molecule has 0 aromatic carbocycles. The van der Waals surface area contributed by atoms with E-state index in [9.17, 15) is 14.9 Å². The van der Waals surface area contributed by atoms with Crippen LogP contribution in [-0.4, -0.2) is 10.8 Å². The molecule has 9 heavy (non-hydrogen) atoms. The van der Waals surface area contributed by atoms with Gasteiger partial charge in [-0.2, -0.15) is 0 Å². The number of nitrogens with one attached hydrogen (secondary N) is 1. The van der Waals surface area contributed by atoms with Crippen LogP contribution >= 0.6 is 0 Å². The molecule has 50 valence electrons. The Balaban J connectivity index is 3.48. The molecule has 0 aliphatic carbocycles. The number of rotatable bonds is 2. The first-order chi connectivity index (χ1) is 4.13. The van der Waals surface area contributed by atoms with Crippen molar-refractivity contribution in [1.82, 2.24) is 5.32 Å². The molecule has 0 aliphatic rings. The van der Waals surface area contributed by atoms with Gasteiger partial charge in [-0.3, -0.25) is 14.9 Å². The zero-order valence-electron chi connectivity index (χ0n) is 4.83. The molecule has 5 nitrogen and oxygen atoms in total. The van der Waals surface area contributed by atoms with Crippen molar-refractivity contribution >= 4 is 5.91 Å². The van der Waals surface area contributed by atoms with Crippen molar-refractivity contribution in [2.75, 3.05) is 0 Å². The highest BCUT2D eigenvalue weighted by atomic mass is 16.6. The first-order valence-corrected chi connectivity index (χ1v) is 2.20. The van der Waals surface area contributed by atoms with Crippen LogP contribution in [0.2, 0.25) is 0 Å². The molecule has 0 saturated heterocycles. The van der Waals surface area contributed by atoms with Crippen molar-refractivity contribution in [3.05, 3.63) is 22.5 Å². The van der Waals surface area contributed by atoms with Gasteiger partial charge < -0.3 is 5.32 Å². The lowest BCUT2D eigenvalue weighted by molar-refractivity contribution is -0.402. The maximum Gasteiger partial charge on any atom is 0.250 e. The average Bonchev–Trinajstić information content (AvgIpc) is 1.63. The van der Waals surface area contributed by atoms with E-state index in [0.29, 0.717) is 6.20 Å². The van der Waals surface area contributed by atoms with Crippen LogP contribution in [0.3, 0.4) is 0 Å². The van der Waals surface area contributed by atoms with Gasteiger partial charge in [0, 0.05) is 6.92 Å². The molecule has 0 saturated carbocycles. The lowest BCUT2D eigenvalue weighted by Crippen LogP contribution is -2.11. The molecule has 1 amide bonds. The zero-order chi connectivity index (χ0) is 7.28. The Morgan fingerprint density at radius 2 is 2.33 bits per heavy atom. The quantitative estimate of drug-likeness (QED) is 0.418. The molecule has 0 spiro atoms. The van der Waals surface area contributed by atoms with E-state index in [1.54, 1.807) is 0 Å². The van der Waals surface area contributed by atoms with Crippen LogP contribution in [0.1, 0.15) is 6.92 Å². The zero-order valence-corrected chi connectivity index (χ0v) is 4.83. The number of nitro groups is 1. The van der Waals surface area contributed by atoms with Gasteiger partial charge in [-0.25, -0.2) is 0 Å². The third-order valence-corrected chi connectivity index (χ3v) is 0.483. The van der Waals surface area contributed by atoms with Crippen molar-refractivity contribution in [3.63, 3.8) is 0 Å². The monoisotopic (exact) mass is 130 g/mol. The molecule has 0 aromatic heterocycles. The molecule has 0 radical (unpaired) electrons. The summed E-state index contributed by atoms with van der Waals surface area (Å²) in [6.07, 6.45) is 1.63. The molecule has 0 heterocycles. The second-order valence-corrected chi connectivity index (χ2v) is 1.30. The van der Waals surface area contributed by atoms with Crippen molar-refractivity contribution in [2.45, 2.75) is 6.92 Å². The topological polar surface area (TPSA) is 72.2 Å². The molecule has 0 fully saturated rings. The Morgan fingerprint density at radius 3 is 2.67 bits per heavy atom. The van der Waals surface area contributed by atoms with Crippen LogP contribution in [0.4, 0.5) is 0 Å². The minimum atomic E-state index is -0.657. The summed E-state index contributed by atoms with van der Waals surface area (Å²) >= 11 is 0. The predicted octanol–water partition coefficient (Wildman–Crippen LogP) is -0.130. The Morgan fingerprint density at radius 1 is 1.78 bits per heavy atom. The maximum absolute atomic E-state index is 10.0. The lowest BCUT2D eigenvalue weighted by atomic mass is 10.7. The van der Waals surface area contributed by atoms with E-state index in [2.05, 4.69) is 5.32 Å². The minimum Gasteiger partial charge on any atom is -0.327 e. The van der Waals surface area contributed by atoms with E-state index in [4.69, 9.17) is 0 Å². The van der Waals surface area contributed by atoms with Crippen molar-refractivity contribution < 1.29 is 9.72 Å². The second-order valence-electron chi connectivity index (χ2n) is 1.30. The Bertz CT molecular complexity index is 152. The minimum absolute atomic E-state index is 0.326. The van der Waals surface area contributed by atoms with E-state index in [0.717, 1.165) is 6.20 Å². The summed E-state index contributed by atoms with van der Waals surface area (Å²) in [5.74, 6) is -0.326. The number of hydrogen-bond acceptors (Lipinski definition) is 3. The van der Waals surface area contributed by atoms with Gasteiger partial charge in [-0.1, -0.05) is 0 Å². The fourth-order valence-electron chi connectivity index (χ4n) is 0.215. The SMILES string of the molecule is CC(=O)NC=C[N+](=O)[O-]. The van der Waals surface area contributed by atoms with Gasteiger partial charge in [0.05, 0.1) is 11.1 Å². The van der Waals surface area contributed by atoms with E-state index in [-0.39, 0.29) is 5.91 Å². The molecule has 0 aliphatic heterocycles. The third-order valence-electron chi connectivity index (χ3n) is 0.483. The molecular weight excluding hydrogens is 124 g/mol. The first-order valence-electron chi connectivity index (χ1n) is 2.20. The highest BCUT2D eigenvalue weighted by Crippen LogP contribution is 1.68. The molecule has 0 atom stereocenters. The number of nitrogens with zero attached hydrogens (tertiary/aromatic N) is 1. The molecule has 0 aromatic rings. The van der Waals surface area contributed by atoms with E-state index >= 15 is 0 Å². The molecule has 0 rings (SSSR count). The number of carbonyl (C=O) groups excluding carboxylic acids is 1. The Labute approximate surface area is 51.5 Å².